The monoisotopic (exact) mass is 382 g/mol. The highest BCUT2D eigenvalue weighted by Gasteiger charge is 2.20. The highest BCUT2D eigenvalue weighted by Crippen LogP contribution is 2.29. The second-order valence-corrected chi connectivity index (χ2v) is 7.34. The van der Waals surface area contributed by atoms with E-state index in [9.17, 15) is 4.79 Å². The molecule has 0 saturated carbocycles. The summed E-state index contributed by atoms with van der Waals surface area (Å²) in [6, 6.07) is 16.1. The molecule has 1 saturated heterocycles. The summed E-state index contributed by atoms with van der Waals surface area (Å²) < 4.78 is 10.5. The minimum Gasteiger partial charge on any atom is -0.497 e. The summed E-state index contributed by atoms with van der Waals surface area (Å²) in [5.74, 6) is 2.06. The average molecular weight is 383 g/mol. The topological polar surface area (TPSA) is 50.8 Å². The maximum Gasteiger partial charge on any atom is 0.225 e. The number of likely N-dealkylation sites (tertiary alicyclic amines) is 1. The molecule has 1 heterocycles. The van der Waals surface area contributed by atoms with Gasteiger partial charge in [-0.3, -0.25) is 4.79 Å². The summed E-state index contributed by atoms with van der Waals surface area (Å²) in [5, 5.41) is 2.95. The molecule has 28 heavy (non-hydrogen) atoms. The Bertz CT molecular complexity index is 756. The third kappa shape index (κ3) is 5.73. The van der Waals surface area contributed by atoms with Crippen LogP contribution in [-0.4, -0.2) is 44.7 Å². The van der Waals surface area contributed by atoms with Crippen LogP contribution >= 0.6 is 0 Å². The summed E-state index contributed by atoms with van der Waals surface area (Å²) >= 11 is 0. The lowest BCUT2D eigenvalue weighted by Gasteiger charge is -2.31. The van der Waals surface area contributed by atoms with Crippen LogP contribution in [0.25, 0.3) is 0 Å². The van der Waals surface area contributed by atoms with E-state index in [0.29, 0.717) is 23.6 Å². The minimum atomic E-state index is 0.00914. The van der Waals surface area contributed by atoms with Crippen molar-refractivity contribution >= 4 is 11.6 Å². The smallest absolute Gasteiger partial charge is 0.225 e. The maximum atomic E-state index is 12.4. The highest BCUT2D eigenvalue weighted by atomic mass is 16.5. The van der Waals surface area contributed by atoms with Gasteiger partial charge in [-0.2, -0.15) is 0 Å². The zero-order valence-electron chi connectivity index (χ0n) is 16.8. The molecule has 5 heteroatoms. The van der Waals surface area contributed by atoms with E-state index in [1.807, 2.05) is 12.1 Å². The molecule has 150 valence electrons. The fourth-order valence-electron chi connectivity index (χ4n) is 3.74. The van der Waals surface area contributed by atoms with Crippen LogP contribution in [0.3, 0.4) is 0 Å². The van der Waals surface area contributed by atoms with Crippen LogP contribution in [0.1, 0.15) is 24.8 Å². The van der Waals surface area contributed by atoms with Crippen molar-refractivity contribution in [2.24, 2.45) is 5.92 Å². The first-order valence-corrected chi connectivity index (χ1v) is 9.96. The molecule has 0 bridgehead atoms. The van der Waals surface area contributed by atoms with Crippen LogP contribution in [0, 0.1) is 5.92 Å². The number of benzene rings is 2. The number of carbonyl (C=O) groups is 1. The van der Waals surface area contributed by atoms with Gasteiger partial charge in [0, 0.05) is 19.0 Å². The minimum absolute atomic E-state index is 0.00914. The number of anilines is 1. The summed E-state index contributed by atoms with van der Waals surface area (Å²) in [6.07, 6.45) is 4.04. The number of hydrogen-bond donors (Lipinski definition) is 1. The molecule has 2 aromatic rings. The molecule has 0 spiro atoms. The van der Waals surface area contributed by atoms with Crippen LogP contribution in [0.5, 0.6) is 11.5 Å². The number of rotatable bonds is 8. The van der Waals surface area contributed by atoms with E-state index in [1.165, 1.54) is 18.4 Å². The molecular weight excluding hydrogens is 352 g/mol. The first kappa shape index (κ1) is 20.2. The van der Waals surface area contributed by atoms with Gasteiger partial charge in [0.05, 0.1) is 19.9 Å². The van der Waals surface area contributed by atoms with E-state index in [-0.39, 0.29) is 5.91 Å². The number of nitrogens with zero attached hydrogens (tertiary/aromatic N) is 1. The summed E-state index contributed by atoms with van der Waals surface area (Å²) in [7, 11) is 3.19. The quantitative estimate of drug-likeness (QED) is 0.750. The Hall–Kier alpha value is -2.53. The van der Waals surface area contributed by atoms with E-state index in [4.69, 9.17) is 9.47 Å². The Labute approximate surface area is 167 Å². The van der Waals surface area contributed by atoms with Gasteiger partial charge < -0.3 is 19.7 Å². The number of amides is 1. The third-order valence-electron chi connectivity index (χ3n) is 5.41. The summed E-state index contributed by atoms with van der Waals surface area (Å²) in [5.41, 5.74) is 2.10. The molecule has 1 fully saturated rings. The van der Waals surface area contributed by atoms with E-state index in [2.05, 4.69) is 40.5 Å². The lowest BCUT2D eigenvalue weighted by molar-refractivity contribution is -0.116. The van der Waals surface area contributed by atoms with Crippen LogP contribution in [0.4, 0.5) is 5.69 Å². The number of nitrogens with one attached hydrogen (secondary N) is 1. The van der Waals surface area contributed by atoms with Crippen molar-refractivity contribution in [1.82, 2.24) is 4.90 Å². The second kappa shape index (κ2) is 10.1. The number of piperidine rings is 1. The van der Waals surface area contributed by atoms with Gasteiger partial charge >= 0.3 is 0 Å². The molecule has 1 aliphatic rings. The summed E-state index contributed by atoms with van der Waals surface area (Å²) in [4.78, 5) is 14.8. The van der Waals surface area contributed by atoms with Crippen molar-refractivity contribution < 1.29 is 14.3 Å². The van der Waals surface area contributed by atoms with E-state index in [0.717, 1.165) is 32.0 Å². The molecule has 0 atom stereocenters. The van der Waals surface area contributed by atoms with E-state index in [1.54, 1.807) is 20.3 Å². The molecule has 0 unspecified atom stereocenters. The molecule has 3 rings (SSSR count). The van der Waals surface area contributed by atoms with Crippen molar-refractivity contribution in [2.45, 2.75) is 25.7 Å². The van der Waals surface area contributed by atoms with Gasteiger partial charge in [-0.05, 0) is 56.0 Å². The Kier molecular flexibility index (Phi) is 7.31. The van der Waals surface area contributed by atoms with E-state index < -0.39 is 0 Å². The largest absolute Gasteiger partial charge is 0.497 e. The molecule has 1 aliphatic heterocycles. The normalized spacial score (nSPS) is 15.2. The van der Waals surface area contributed by atoms with Gasteiger partial charge in [0.25, 0.3) is 0 Å². The number of carbonyl (C=O) groups excluding carboxylic acids is 1. The molecule has 5 nitrogen and oxygen atoms in total. The van der Waals surface area contributed by atoms with Gasteiger partial charge in [0.2, 0.25) is 5.91 Å². The lowest BCUT2D eigenvalue weighted by atomic mass is 9.90. The number of ether oxygens (including phenoxy) is 2. The predicted molar refractivity (Wildman–Crippen MR) is 112 cm³/mol. The van der Waals surface area contributed by atoms with Crippen molar-refractivity contribution in [3.05, 3.63) is 54.1 Å². The predicted octanol–water partition coefficient (Wildman–Crippen LogP) is 3.99. The van der Waals surface area contributed by atoms with Gasteiger partial charge in [-0.1, -0.05) is 30.3 Å². The van der Waals surface area contributed by atoms with Crippen LogP contribution in [0.15, 0.2) is 48.5 Å². The fourth-order valence-corrected chi connectivity index (χ4v) is 3.74. The zero-order chi connectivity index (χ0) is 19.8. The van der Waals surface area contributed by atoms with Gasteiger partial charge in [0.1, 0.15) is 11.5 Å². The Balaban J connectivity index is 1.41. The van der Waals surface area contributed by atoms with Gasteiger partial charge in [-0.25, -0.2) is 0 Å². The summed E-state index contributed by atoms with van der Waals surface area (Å²) in [6.45, 7) is 2.93. The van der Waals surface area contributed by atoms with Crippen LogP contribution < -0.4 is 14.8 Å². The molecule has 2 aromatic carbocycles. The van der Waals surface area contributed by atoms with Gasteiger partial charge in [-0.15, -0.1) is 0 Å². The third-order valence-corrected chi connectivity index (χ3v) is 5.41. The Morgan fingerprint density at radius 1 is 1.07 bits per heavy atom. The molecule has 0 radical (unpaired) electrons. The van der Waals surface area contributed by atoms with Crippen molar-refractivity contribution in [2.75, 3.05) is 39.2 Å². The van der Waals surface area contributed by atoms with E-state index >= 15 is 0 Å². The molecular formula is C23H30N2O3. The standard InChI is InChI=1S/C23H30N2O3/c1-27-20-8-9-21(22(17-20)28-2)24-23(26)12-15-25-13-10-19(11-14-25)16-18-6-4-3-5-7-18/h3-9,17,19H,10-16H2,1-2H3,(H,24,26). The first-order valence-electron chi connectivity index (χ1n) is 9.96. The number of methoxy groups -OCH3 is 2. The molecule has 1 amide bonds. The zero-order valence-corrected chi connectivity index (χ0v) is 16.8. The molecule has 0 aliphatic carbocycles. The average Bonchev–Trinajstić information content (AvgIpc) is 2.74. The van der Waals surface area contributed by atoms with Gasteiger partial charge in [0.15, 0.2) is 0 Å². The molecule has 0 aromatic heterocycles. The Morgan fingerprint density at radius 2 is 1.82 bits per heavy atom. The number of hydrogen-bond acceptors (Lipinski definition) is 4. The molecule has 1 N–H and O–H groups in total. The van der Waals surface area contributed by atoms with Crippen molar-refractivity contribution in [1.29, 1.82) is 0 Å². The second-order valence-electron chi connectivity index (χ2n) is 7.34. The van der Waals surface area contributed by atoms with Crippen molar-refractivity contribution in [3.8, 4) is 11.5 Å². The SMILES string of the molecule is COc1ccc(NC(=O)CCN2CCC(Cc3ccccc3)CC2)c(OC)c1. The van der Waals surface area contributed by atoms with Crippen LogP contribution in [-0.2, 0) is 11.2 Å². The van der Waals surface area contributed by atoms with Crippen molar-refractivity contribution in [3.63, 3.8) is 0 Å². The maximum absolute atomic E-state index is 12.4. The Morgan fingerprint density at radius 3 is 2.50 bits per heavy atom. The lowest BCUT2D eigenvalue weighted by Crippen LogP contribution is -2.36. The van der Waals surface area contributed by atoms with Crippen LogP contribution in [0.2, 0.25) is 0 Å². The fraction of sp³-hybridized carbons (Fsp3) is 0.435. The first-order chi connectivity index (χ1) is 13.7. The highest BCUT2D eigenvalue weighted by molar-refractivity contribution is 5.92.